The number of halogens is 1. The summed E-state index contributed by atoms with van der Waals surface area (Å²) in [4.78, 5) is 26.5. The summed E-state index contributed by atoms with van der Waals surface area (Å²) in [7, 11) is 1.67. The largest absolute Gasteiger partial charge is 0.392 e. The van der Waals surface area contributed by atoms with Crippen LogP contribution >= 0.6 is 11.6 Å². The van der Waals surface area contributed by atoms with Gasteiger partial charge in [0.15, 0.2) is 12.4 Å². The molecule has 1 aliphatic heterocycles. The van der Waals surface area contributed by atoms with Crippen molar-refractivity contribution in [1.82, 2.24) is 4.90 Å². The molecule has 1 heterocycles. The Hall–Kier alpha value is -2.21. The van der Waals surface area contributed by atoms with Gasteiger partial charge in [0.25, 0.3) is 0 Å². The maximum Gasteiger partial charge on any atom is 0.234 e. The number of ether oxygens (including phenoxy) is 1. The van der Waals surface area contributed by atoms with Crippen LogP contribution in [0.5, 0.6) is 0 Å². The van der Waals surface area contributed by atoms with Gasteiger partial charge in [-0.05, 0) is 36.6 Å². The standard InChI is InChI=1S/C22H24ClNO4/c1-13(2)28-19(12-26)21-20(15-6-4-14(11-25)5-7-15)18-10-16(23)8-9-17(18)22(27)24(21)3/h4-10,12-13,17-19,25H,11H2,1-3H3. The zero-order valence-electron chi connectivity index (χ0n) is 16.1. The highest BCUT2D eigenvalue weighted by atomic mass is 35.5. The number of carbonyl (C=O) groups is 2. The first-order valence-corrected chi connectivity index (χ1v) is 9.63. The van der Waals surface area contributed by atoms with E-state index in [0.29, 0.717) is 10.7 Å². The Bertz CT molecular complexity index is 854. The molecule has 1 N–H and O–H groups in total. The smallest absolute Gasteiger partial charge is 0.234 e. The number of likely N-dealkylation sites (N-methyl/N-ethyl adjacent to an activating group) is 1. The third-order valence-corrected chi connectivity index (χ3v) is 5.29. The third-order valence-electron chi connectivity index (χ3n) is 5.03. The number of fused-ring (bicyclic) bond motifs is 1. The van der Waals surface area contributed by atoms with Crippen molar-refractivity contribution >= 4 is 29.4 Å². The van der Waals surface area contributed by atoms with Crippen LogP contribution in [0.2, 0.25) is 0 Å². The summed E-state index contributed by atoms with van der Waals surface area (Å²) in [5, 5.41) is 9.90. The Balaban J connectivity index is 2.24. The molecule has 2 aliphatic rings. The van der Waals surface area contributed by atoms with E-state index >= 15 is 0 Å². The number of aldehydes is 1. The number of hydrogen-bond acceptors (Lipinski definition) is 4. The number of carbonyl (C=O) groups excluding carboxylic acids is 2. The van der Waals surface area contributed by atoms with Gasteiger partial charge in [-0.25, -0.2) is 0 Å². The second kappa shape index (κ2) is 8.43. The SMILES string of the molecule is CC(C)OC(C=O)C1=C(c2ccc(CO)cc2)C2C=C(Cl)C=CC2C(=O)N1C. The summed E-state index contributed by atoms with van der Waals surface area (Å²) in [6.07, 6.45) is 5.06. The van der Waals surface area contributed by atoms with E-state index in [0.717, 1.165) is 23.0 Å². The van der Waals surface area contributed by atoms with Crippen molar-refractivity contribution in [2.75, 3.05) is 7.05 Å². The number of aliphatic hydroxyl groups is 1. The molecule has 1 amide bonds. The Kier molecular flexibility index (Phi) is 6.18. The predicted molar refractivity (Wildman–Crippen MR) is 108 cm³/mol. The van der Waals surface area contributed by atoms with Crippen LogP contribution in [-0.2, 0) is 20.9 Å². The van der Waals surface area contributed by atoms with E-state index < -0.39 is 12.0 Å². The Morgan fingerprint density at radius 1 is 1.25 bits per heavy atom. The zero-order valence-corrected chi connectivity index (χ0v) is 16.9. The molecular formula is C22H24ClNO4. The average Bonchev–Trinajstić information content (AvgIpc) is 2.68. The van der Waals surface area contributed by atoms with Crippen LogP contribution in [0.4, 0.5) is 0 Å². The van der Waals surface area contributed by atoms with Gasteiger partial charge in [0.2, 0.25) is 5.91 Å². The van der Waals surface area contributed by atoms with Gasteiger partial charge in [-0.3, -0.25) is 4.79 Å². The minimum atomic E-state index is -0.875. The van der Waals surface area contributed by atoms with Crippen molar-refractivity contribution in [3.8, 4) is 0 Å². The summed E-state index contributed by atoms with van der Waals surface area (Å²) in [5.41, 5.74) is 3.00. The quantitative estimate of drug-likeness (QED) is 0.743. The zero-order chi connectivity index (χ0) is 20.4. The number of amides is 1. The molecule has 6 heteroatoms. The minimum absolute atomic E-state index is 0.0570. The molecule has 0 saturated heterocycles. The Morgan fingerprint density at radius 2 is 1.93 bits per heavy atom. The van der Waals surface area contributed by atoms with E-state index in [2.05, 4.69) is 0 Å². The van der Waals surface area contributed by atoms with Gasteiger partial charge in [-0.15, -0.1) is 0 Å². The number of hydrogen-bond donors (Lipinski definition) is 1. The molecule has 0 radical (unpaired) electrons. The fraction of sp³-hybridized carbons (Fsp3) is 0.364. The maximum absolute atomic E-state index is 13.0. The van der Waals surface area contributed by atoms with Crippen LogP contribution in [0.1, 0.15) is 25.0 Å². The highest BCUT2D eigenvalue weighted by Gasteiger charge is 2.42. The molecule has 0 spiro atoms. The van der Waals surface area contributed by atoms with Gasteiger partial charge < -0.3 is 19.5 Å². The van der Waals surface area contributed by atoms with Crippen LogP contribution in [-0.4, -0.2) is 41.5 Å². The van der Waals surface area contributed by atoms with Crippen LogP contribution in [0.15, 0.2) is 53.2 Å². The molecule has 1 aliphatic carbocycles. The molecule has 148 valence electrons. The molecule has 3 rings (SSSR count). The van der Waals surface area contributed by atoms with Gasteiger partial charge >= 0.3 is 0 Å². The van der Waals surface area contributed by atoms with Crippen LogP contribution in [0.25, 0.3) is 5.57 Å². The van der Waals surface area contributed by atoms with E-state index in [9.17, 15) is 14.7 Å². The van der Waals surface area contributed by atoms with Gasteiger partial charge in [0.05, 0.1) is 24.3 Å². The molecule has 1 aromatic rings. The van der Waals surface area contributed by atoms with Crippen LogP contribution in [0, 0.1) is 11.8 Å². The second-order valence-electron chi connectivity index (χ2n) is 7.25. The predicted octanol–water partition coefficient (Wildman–Crippen LogP) is 3.28. The van der Waals surface area contributed by atoms with Gasteiger partial charge in [-0.2, -0.15) is 0 Å². The molecule has 0 bridgehead atoms. The normalized spacial score (nSPS) is 23.0. The fourth-order valence-corrected chi connectivity index (χ4v) is 3.98. The van der Waals surface area contributed by atoms with E-state index in [1.807, 2.05) is 50.3 Å². The van der Waals surface area contributed by atoms with E-state index in [1.54, 1.807) is 13.1 Å². The van der Waals surface area contributed by atoms with Crippen molar-refractivity contribution < 1.29 is 19.4 Å². The van der Waals surface area contributed by atoms with Crippen molar-refractivity contribution in [2.45, 2.75) is 32.7 Å². The van der Waals surface area contributed by atoms with Crippen molar-refractivity contribution in [1.29, 1.82) is 0 Å². The lowest BCUT2D eigenvalue weighted by Gasteiger charge is -2.40. The van der Waals surface area contributed by atoms with Crippen molar-refractivity contribution in [3.05, 3.63) is 64.3 Å². The molecule has 1 aromatic carbocycles. The van der Waals surface area contributed by atoms with Crippen LogP contribution in [0.3, 0.4) is 0 Å². The number of rotatable bonds is 6. The lowest BCUT2D eigenvalue weighted by atomic mass is 9.74. The average molecular weight is 402 g/mol. The summed E-state index contributed by atoms with van der Waals surface area (Å²) in [6.45, 7) is 3.64. The first-order chi connectivity index (χ1) is 13.4. The van der Waals surface area contributed by atoms with Gasteiger partial charge in [0.1, 0.15) is 0 Å². The highest BCUT2D eigenvalue weighted by Crippen LogP contribution is 2.44. The fourth-order valence-electron chi connectivity index (χ4n) is 3.77. The first kappa shape index (κ1) is 20.5. The monoisotopic (exact) mass is 401 g/mol. The van der Waals surface area contributed by atoms with E-state index in [4.69, 9.17) is 16.3 Å². The second-order valence-corrected chi connectivity index (χ2v) is 7.69. The first-order valence-electron chi connectivity index (χ1n) is 9.25. The van der Waals surface area contributed by atoms with Crippen LogP contribution < -0.4 is 0 Å². The summed E-state index contributed by atoms with van der Waals surface area (Å²) < 4.78 is 5.83. The van der Waals surface area contributed by atoms with Crippen molar-refractivity contribution in [2.24, 2.45) is 11.8 Å². The minimum Gasteiger partial charge on any atom is -0.392 e. The summed E-state index contributed by atoms with van der Waals surface area (Å²) in [6, 6.07) is 7.43. The molecule has 0 saturated carbocycles. The molecule has 0 fully saturated rings. The van der Waals surface area contributed by atoms with Gasteiger partial charge in [0, 0.05) is 18.0 Å². The van der Waals surface area contributed by atoms with E-state index in [-0.39, 0.29) is 24.5 Å². The number of benzene rings is 1. The Labute approximate surface area is 169 Å². The number of aliphatic hydroxyl groups excluding tert-OH is 1. The highest BCUT2D eigenvalue weighted by molar-refractivity contribution is 6.31. The van der Waals surface area contributed by atoms with Crippen molar-refractivity contribution in [3.63, 3.8) is 0 Å². The molecule has 0 aromatic heterocycles. The molecule has 3 unspecified atom stereocenters. The molecule has 3 atom stereocenters. The molecule has 28 heavy (non-hydrogen) atoms. The number of nitrogens with zero attached hydrogens (tertiary/aromatic N) is 1. The number of allylic oxidation sites excluding steroid dienone is 4. The lowest BCUT2D eigenvalue weighted by molar-refractivity contribution is -0.134. The third kappa shape index (κ3) is 3.83. The molecule has 5 nitrogen and oxygen atoms in total. The lowest BCUT2D eigenvalue weighted by Crippen LogP contribution is -2.46. The Morgan fingerprint density at radius 3 is 2.50 bits per heavy atom. The van der Waals surface area contributed by atoms with E-state index in [1.165, 1.54) is 4.90 Å². The molecular weight excluding hydrogens is 378 g/mol. The maximum atomic E-state index is 13.0. The topological polar surface area (TPSA) is 66.8 Å². The summed E-state index contributed by atoms with van der Waals surface area (Å²) in [5.74, 6) is -0.795. The summed E-state index contributed by atoms with van der Waals surface area (Å²) >= 11 is 6.26. The van der Waals surface area contributed by atoms with Gasteiger partial charge in [-0.1, -0.05) is 48.0 Å².